The van der Waals surface area contributed by atoms with Crippen LogP contribution in [0.5, 0.6) is 0 Å². The van der Waals surface area contributed by atoms with E-state index in [9.17, 15) is 0 Å². The van der Waals surface area contributed by atoms with Gasteiger partial charge in [0, 0.05) is 30.3 Å². The molecular weight excluding hydrogens is 248 g/mol. The lowest BCUT2D eigenvalue weighted by Gasteiger charge is -2.07. The molecule has 0 aliphatic rings. The minimum Gasteiger partial charge on any atom is -0.381 e. The van der Waals surface area contributed by atoms with E-state index in [-0.39, 0.29) is 0 Å². The molecule has 4 heteroatoms. The SMILES string of the molecule is Cc1cc(NCc2ccc(-c3ccn[nH]3)cc2)ccn1. The molecule has 4 nitrogen and oxygen atoms in total. The second kappa shape index (κ2) is 5.57. The van der Waals surface area contributed by atoms with Gasteiger partial charge in [0.05, 0.1) is 5.69 Å². The van der Waals surface area contributed by atoms with Crippen molar-refractivity contribution < 1.29 is 0 Å². The molecule has 0 unspecified atom stereocenters. The number of benzene rings is 1. The Hall–Kier alpha value is -2.62. The number of H-pyrrole nitrogens is 1. The Balaban J connectivity index is 1.67. The van der Waals surface area contributed by atoms with Gasteiger partial charge in [0.1, 0.15) is 0 Å². The standard InChI is InChI=1S/C16H16N4/c1-12-10-15(6-8-17-12)18-11-13-2-4-14(5-3-13)16-7-9-19-20-16/h2-10H,11H2,1H3,(H,17,18)(H,19,20). The molecule has 0 saturated carbocycles. The lowest BCUT2D eigenvalue weighted by Crippen LogP contribution is -1.99. The van der Waals surface area contributed by atoms with Crippen molar-refractivity contribution in [2.24, 2.45) is 0 Å². The first kappa shape index (κ1) is 12.4. The zero-order valence-electron chi connectivity index (χ0n) is 11.3. The predicted molar refractivity (Wildman–Crippen MR) is 80.3 cm³/mol. The van der Waals surface area contributed by atoms with Crippen molar-refractivity contribution in [3.8, 4) is 11.3 Å². The average molecular weight is 264 g/mol. The molecule has 3 rings (SSSR count). The molecule has 20 heavy (non-hydrogen) atoms. The van der Waals surface area contributed by atoms with Gasteiger partial charge in [-0.1, -0.05) is 24.3 Å². The molecule has 100 valence electrons. The second-order valence-corrected chi connectivity index (χ2v) is 4.71. The Morgan fingerprint density at radius 3 is 2.60 bits per heavy atom. The number of pyridine rings is 1. The third kappa shape index (κ3) is 2.85. The van der Waals surface area contributed by atoms with E-state index in [1.807, 2.05) is 31.3 Å². The third-order valence-corrected chi connectivity index (χ3v) is 3.16. The van der Waals surface area contributed by atoms with Crippen molar-refractivity contribution >= 4 is 5.69 Å². The van der Waals surface area contributed by atoms with Gasteiger partial charge in [-0.25, -0.2) is 0 Å². The Kier molecular flexibility index (Phi) is 3.46. The van der Waals surface area contributed by atoms with Crippen molar-refractivity contribution in [1.29, 1.82) is 0 Å². The molecule has 0 fully saturated rings. The summed E-state index contributed by atoms with van der Waals surface area (Å²) < 4.78 is 0. The molecule has 0 amide bonds. The highest BCUT2D eigenvalue weighted by Crippen LogP contribution is 2.17. The Morgan fingerprint density at radius 1 is 1.05 bits per heavy atom. The average Bonchev–Trinajstić information content (AvgIpc) is 3.00. The van der Waals surface area contributed by atoms with Gasteiger partial charge in [-0.05, 0) is 36.2 Å². The van der Waals surface area contributed by atoms with Crippen LogP contribution in [-0.2, 0) is 6.54 Å². The maximum atomic E-state index is 4.19. The molecule has 2 heterocycles. The molecule has 0 radical (unpaired) electrons. The van der Waals surface area contributed by atoms with Crippen LogP contribution in [0, 0.1) is 6.92 Å². The van der Waals surface area contributed by atoms with E-state index in [0.29, 0.717) is 0 Å². The van der Waals surface area contributed by atoms with Crippen LogP contribution in [0.25, 0.3) is 11.3 Å². The number of hydrogen-bond donors (Lipinski definition) is 2. The van der Waals surface area contributed by atoms with E-state index >= 15 is 0 Å². The van der Waals surface area contributed by atoms with Gasteiger partial charge in [0.25, 0.3) is 0 Å². The van der Waals surface area contributed by atoms with Crippen LogP contribution in [0.3, 0.4) is 0 Å². The first-order valence-corrected chi connectivity index (χ1v) is 6.56. The fraction of sp³-hybridized carbons (Fsp3) is 0.125. The van der Waals surface area contributed by atoms with Crippen molar-refractivity contribution in [3.05, 3.63) is 66.1 Å². The summed E-state index contributed by atoms with van der Waals surface area (Å²) in [7, 11) is 0. The minimum absolute atomic E-state index is 0.798. The van der Waals surface area contributed by atoms with Crippen molar-refractivity contribution in [2.45, 2.75) is 13.5 Å². The van der Waals surface area contributed by atoms with E-state index in [2.05, 4.69) is 44.8 Å². The Bertz CT molecular complexity index is 672. The van der Waals surface area contributed by atoms with E-state index < -0.39 is 0 Å². The van der Waals surface area contributed by atoms with Crippen molar-refractivity contribution in [2.75, 3.05) is 5.32 Å². The van der Waals surface area contributed by atoms with Crippen LogP contribution < -0.4 is 5.32 Å². The second-order valence-electron chi connectivity index (χ2n) is 4.71. The summed E-state index contributed by atoms with van der Waals surface area (Å²) in [5.74, 6) is 0. The normalized spacial score (nSPS) is 10.4. The number of hydrogen-bond acceptors (Lipinski definition) is 3. The zero-order chi connectivity index (χ0) is 13.8. The van der Waals surface area contributed by atoms with Crippen LogP contribution in [0.2, 0.25) is 0 Å². The first-order chi connectivity index (χ1) is 9.81. The molecule has 0 aliphatic carbocycles. The van der Waals surface area contributed by atoms with Crippen LogP contribution in [0.4, 0.5) is 5.69 Å². The van der Waals surface area contributed by atoms with E-state index in [4.69, 9.17) is 0 Å². The summed E-state index contributed by atoms with van der Waals surface area (Å²) in [6, 6.07) is 14.4. The van der Waals surface area contributed by atoms with E-state index in [0.717, 1.165) is 29.2 Å². The van der Waals surface area contributed by atoms with Gasteiger partial charge in [-0.2, -0.15) is 5.10 Å². The number of aryl methyl sites for hydroxylation is 1. The quantitative estimate of drug-likeness (QED) is 0.759. The summed E-state index contributed by atoms with van der Waals surface area (Å²) >= 11 is 0. The molecule has 0 saturated heterocycles. The molecule has 1 aromatic carbocycles. The van der Waals surface area contributed by atoms with Crippen LogP contribution in [0.15, 0.2) is 54.9 Å². The van der Waals surface area contributed by atoms with Gasteiger partial charge < -0.3 is 5.32 Å². The summed E-state index contributed by atoms with van der Waals surface area (Å²) in [6.07, 6.45) is 3.58. The summed E-state index contributed by atoms with van der Waals surface area (Å²) in [5.41, 5.74) is 5.53. The summed E-state index contributed by atoms with van der Waals surface area (Å²) in [6.45, 7) is 2.79. The fourth-order valence-electron chi connectivity index (χ4n) is 2.08. The van der Waals surface area contributed by atoms with Crippen molar-refractivity contribution in [3.63, 3.8) is 0 Å². The lowest BCUT2D eigenvalue weighted by atomic mass is 10.1. The number of aromatic nitrogens is 3. The van der Waals surface area contributed by atoms with Gasteiger partial charge in [0.2, 0.25) is 0 Å². The van der Waals surface area contributed by atoms with Crippen LogP contribution in [-0.4, -0.2) is 15.2 Å². The Morgan fingerprint density at radius 2 is 1.90 bits per heavy atom. The highest BCUT2D eigenvalue weighted by atomic mass is 15.1. The highest BCUT2D eigenvalue weighted by molar-refractivity contribution is 5.58. The van der Waals surface area contributed by atoms with Crippen LogP contribution >= 0.6 is 0 Å². The predicted octanol–water partition coefficient (Wildman–Crippen LogP) is 3.39. The molecule has 0 spiro atoms. The van der Waals surface area contributed by atoms with Crippen molar-refractivity contribution in [1.82, 2.24) is 15.2 Å². The van der Waals surface area contributed by atoms with Crippen LogP contribution in [0.1, 0.15) is 11.3 Å². The maximum Gasteiger partial charge on any atom is 0.0650 e. The highest BCUT2D eigenvalue weighted by Gasteiger charge is 1.99. The third-order valence-electron chi connectivity index (χ3n) is 3.16. The summed E-state index contributed by atoms with van der Waals surface area (Å²) in [4.78, 5) is 4.19. The maximum absolute atomic E-state index is 4.19. The number of anilines is 1. The van der Waals surface area contributed by atoms with E-state index in [1.54, 1.807) is 6.20 Å². The fourth-order valence-corrected chi connectivity index (χ4v) is 2.08. The van der Waals surface area contributed by atoms with Gasteiger partial charge in [0.15, 0.2) is 0 Å². The number of nitrogens with one attached hydrogen (secondary N) is 2. The molecule has 0 atom stereocenters. The first-order valence-electron chi connectivity index (χ1n) is 6.56. The molecular formula is C16H16N4. The van der Waals surface area contributed by atoms with Gasteiger partial charge >= 0.3 is 0 Å². The molecule has 2 N–H and O–H groups in total. The largest absolute Gasteiger partial charge is 0.381 e. The Labute approximate surface area is 117 Å². The van der Waals surface area contributed by atoms with E-state index in [1.165, 1.54) is 5.56 Å². The summed E-state index contributed by atoms with van der Waals surface area (Å²) in [5, 5.41) is 10.3. The lowest BCUT2D eigenvalue weighted by molar-refractivity contribution is 1.09. The molecule has 2 aromatic heterocycles. The zero-order valence-corrected chi connectivity index (χ0v) is 11.3. The number of nitrogens with zero attached hydrogens (tertiary/aromatic N) is 2. The molecule has 3 aromatic rings. The topological polar surface area (TPSA) is 53.6 Å². The smallest absolute Gasteiger partial charge is 0.0650 e. The monoisotopic (exact) mass is 264 g/mol. The number of rotatable bonds is 4. The minimum atomic E-state index is 0.798. The number of aromatic amines is 1. The molecule has 0 aliphatic heterocycles. The molecule has 0 bridgehead atoms. The van der Waals surface area contributed by atoms with Gasteiger partial charge in [-0.15, -0.1) is 0 Å². The van der Waals surface area contributed by atoms with Gasteiger partial charge in [-0.3, -0.25) is 10.1 Å².